The predicted molar refractivity (Wildman–Crippen MR) is 64.2 cm³/mol. The van der Waals surface area contributed by atoms with Crippen LogP contribution in [0, 0.1) is 12.7 Å². The van der Waals surface area contributed by atoms with Gasteiger partial charge in [-0.3, -0.25) is 0 Å². The second kappa shape index (κ2) is 5.82. The van der Waals surface area contributed by atoms with Crippen molar-refractivity contribution in [2.75, 3.05) is 32.5 Å². The summed E-state index contributed by atoms with van der Waals surface area (Å²) in [4.78, 5) is 1.89. The third-order valence-corrected chi connectivity index (χ3v) is 2.23. The summed E-state index contributed by atoms with van der Waals surface area (Å²) in [7, 11) is 3.77. The minimum Gasteiger partial charge on any atom is -0.390 e. The molecular formula is C12H19FN2O. The van der Waals surface area contributed by atoms with Gasteiger partial charge in [0.2, 0.25) is 0 Å². The highest BCUT2D eigenvalue weighted by molar-refractivity contribution is 5.46. The molecule has 0 saturated heterocycles. The second-order valence-electron chi connectivity index (χ2n) is 4.28. The molecule has 90 valence electrons. The highest BCUT2D eigenvalue weighted by atomic mass is 19.1. The summed E-state index contributed by atoms with van der Waals surface area (Å²) in [5.41, 5.74) is 1.32. The van der Waals surface area contributed by atoms with Crippen LogP contribution in [0.4, 0.5) is 10.1 Å². The maximum atomic E-state index is 13.4. The van der Waals surface area contributed by atoms with Gasteiger partial charge >= 0.3 is 0 Å². The summed E-state index contributed by atoms with van der Waals surface area (Å²) in [5, 5.41) is 12.5. The standard InChI is InChI=1S/C12H19FN2O/c1-9-4-5-12(11(13)6-9)14-7-10(16)8-15(2)3/h4-6,10,14,16H,7-8H2,1-3H3. The fourth-order valence-corrected chi connectivity index (χ4v) is 1.48. The number of hydrogen-bond acceptors (Lipinski definition) is 3. The zero-order chi connectivity index (χ0) is 12.1. The number of halogens is 1. The number of aliphatic hydroxyl groups excluding tert-OH is 1. The summed E-state index contributed by atoms with van der Waals surface area (Å²) < 4.78 is 13.4. The van der Waals surface area contributed by atoms with Gasteiger partial charge < -0.3 is 15.3 Å². The number of nitrogens with zero attached hydrogens (tertiary/aromatic N) is 1. The number of nitrogens with one attached hydrogen (secondary N) is 1. The first kappa shape index (κ1) is 12.9. The Morgan fingerprint density at radius 3 is 2.69 bits per heavy atom. The van der Waals surface area contributed by atoms with Crippen molar-refractivity contribution in [1.29, 1.82) is 0 Å². The Labute approximate surface area is 95.9 Å². The Balaban J connectivity index is 2.48. The SMILES string of the molecule is Cc1ccc(NCC(O)CN(C)C)c(F)c1. The van der Waals surface area contributed by atoms with Gasteiger partial charge in [-0.2, -0.15) is 0 Å². The van der Waals surface area contributed by atoms with Gasteiger partial charge in [-0.15, -0.1) is 0 Å². The molecule has 1 unspecified atom stereocenters. The summed E-state index contributed by atoms with van der Waals surface area (Å²) in [6.07, 6.45) is -0.504. The van der Waals surface area contributed by atoms with Crippen LogP contribution in [-0.2, 0) is 0 Å². The van der Waals surface area contributed by atoms with E-state index in [4.69, 9.17) is 0 Å². The molecule has 0 aromatic heterocycles. The molecule has 0 heterocycles. The van der Waals surface area contributed by atoms with E-state index in [2.05, 4.69) is 5.32 Å². The van der Waals surface area contributed by atoms with Gasteiger partial charge in [-0.05, 0) is 38.7 Å². The number of benzene rings is 1. The smallest absolute Gasteiger partial charge is 0.146 e. The zero-order valence-corrected chi connectivity index (χ0v) is 10.00. The predicted octanol–water partition coefficient (Wildman–Crippen LogP) is 1.47. The van der Waals surface area contributed by atoms with Gasteiger partial charge in [0, 0.05) is 13.1 Å². The molecule has 16 heavy (non-hydrogen) atoms. The number of aryl methyl sites for hydroxylation is 1. The number of hydrogen-bond donors (Lipinski definition) is 2. The molecule has 0 spiro atoms. The first-order valence-corrected chi connectivity index (χ1v) is 5.32. The highest BCUT2D eigenvalue weighted by Gasteiger charge is 2.07. The normalized spacial score (nSPS) is 12.9. The number of likely N-dealkylation sites (N-methyl/N-ethyl adjacent to an activating group) is 1. The average Bonchev–Trinajstić information content (AvgIpc) is 2.15. The highest BCUT2D eigenvalue weighted by Crippen LogP contribution is 2.14. The molecule has 1 rings (SSSR count). The summed E-state index contributed by atoms with van der Waals surface area (Å²) in [6.45, 7) is 2.74. The summed E-state index contributed by atoms with van der Waals surface area (Å²) in [5.74, 6) is -0.281. The summed E-state index contributed by atoms with van der Waals surface area (Å²) in [6, 6.07) is 5.00. The van der Waals surface area contributed by atoms with E-state index in [1.54, 1.807) is 6.07 Å². The molecule has 0 radical (unpaired) electrons. The van der Waals surface area contributed by atoms with Crippen LogP contribution in [0.5, 0.6) is 0 Å². The minimum absolute atomic E-state index is 0.281. The molecule has 0 aliphatic heterocycles. The van der Waals surface area contributed by atoms with Crippen molar-refractivity contribution in [2.45, 2.75) is 13.0 Å². The Hall–Kier alpha value is -1.13. The van der Waals surface area contributed by atoms with Gasteiger partial charge in [0.25, 0.3) is 0 Å². The van der Waals surface area contributed by atoms with E-state index in [0.29, 0.717) is 18.8 Å². The van der Waals surface area contributed by atoms with E-state index < -0.39 is 6.10 Å². The largest absolute Gasteiger partial charge is 0.390 e. The van der Waals surface area contributed by atoms with E-state index in [9.17, 15) is 9.50 Å². The number of anilines is 1. The third kappa shape index (κ3) is 4.16. The van der Waals surface area contributed by atoms with E-state index >= 15 is 0 Å². The van der Waals surface area contributed by atoms with Crippen LogP contribution in [-0.4, -0.2) is 43.3 Å². The van der Waals surface area contributed by atoms with Crippen LogP contribution in [0.25, 0.3) is 0 Å². The van der Waals surface area contributed by atoms with Crippen LogP contribution in [0.1, 0.15) is 5.56 Å². The topological polar surface area (TPSA) is 35.5 Å². The van der Waals surface area contributed by atoms with E-state index in [0.717, 1.165) is 5.56 Å². The Morgan fingerprint density at radius 1 is 1.44 bits per heavy atom. The van der Waals surface area contributed by atoms with Gasteiger partial charge in [0.05, 0.1) is 11.8 Å². The molecule has 0 aliphatic carbocycles. The van der Waals surface area contributed by atoms with Crippen LogP contribution in [0.2, 0.25) is 0 Å². The van der Waals surface area contributed by atoms with Gasteiger partial charge in [-0.25, -0.2) is 4.39 Å². The molecule has 4 heteroatoms. The van der Waals surface area contributed by atoms with Crippen LogP contribution < -0.4 is 5.32 Å². The van der Waals surface area contributed by atoms with Crippen LogP contribution in [0.15, 0.2) is 18.2 Å². The lowest BCUT2D eigenvalue weighted by molar-refractivity contribution is 0.148. The fourth-order valence-electron chi connectivity index (χ4n) is 1.48. The van der Waals surface area contributed by atoms with Crippen molar-refractivity contribution in [2.24, 2.45) is 0 Å². The molecule has 0 aliphatic rings. The maximum Gasteiger partial charge on any atom is 0.146 e. The van der Waals surface area contributed by atoms with E-state index in [1.165, 1.54) is 6.07 Å². The van der Waals surface area contributed by atoms with Crippen molar-refractivity contribution in [1.82, 2.24) is 4.90 Å². The Morgan fingerprint density at radius 2 is 2.12 bits per heavy atom. The third-order valence-electron chi connectivity index (χ3n) is 2.23. The first-order valence-electron chi connectivity index (χ1n) is 5.32. The Bertz CT molecular complexity index is 342. The molecule has 0 saturated carbocycles. The van der Waals surface area contributed by atoms with E-state index in [-0.39, 0.29) is 5.82 Å². The monoisotopic (exact) mass is 226 g/mol. The van der Waals surface area contributed by atoms with Crippen molar-refractivity contribution in [3.63, 3.8) is 0 Å². The second-order valence-corrected chi connectivity index (χ2v) is 4.28. The van der Waals surface area contributed by atoms with Gasteiger partial charge in [0.15, 0.2) is 0 Å². The van der Waals surface area contributed by atoms with Crippen LogP contribution >= 0.6 is 0 Å². The molecule has 1 atom stereocenters. The molecule has 2 N–H and O–H groups in total. The first-order chi connectivity index (χ1) is 7.49. The molecule has 1 aromatic carbocycles. The summed E-state index contributed by atoms with van der Waals surface area (Å²) >= 11 is 0. The molecule has 3 nitrogen and oxygen atoms in total. The van der Waals surface area contributed by atoms with Crippen LogP contribution in [0.3, 0.4) is 0 Å². The molecule has 1 aromatic rings. The van der Waals surface area contributed by atoms with Crippen molar-refractivity contribution >= 4 is 5.69 Å². The molecule has 0 fully saturated rings. The van der Waals surface area contributed by atoms with E-state index in [1.807, 2.05) is 32.0 Å². The van der Waals surface area contributed by atoms with Crippen molar-refractivity contribution in [3.8, 4) is 0 Å². The van der Waals surface area contributed by atoms with Crippen molar-refractivity contribution in [3.05, 3.63) is 29.6 Å². The molecular weight excluding hydrogens is 207 g/mol. The molecule has 0 bridgehead atoms. The lowest BCUT2D eigenvalue weighted by atomic mass is 10.2. The van der Waals surface area contributed by atoms with Gasteiger partial charge in [-0.1, -0.05) is 6.07 Å². The van der Waals surface area contributed by atoms with Crippen molar-refractivity contribution < 1.29 is 9.50 Å². The zero-order valence-electron chi connectivity index (χ0n) is 10.00. The lowest BCUT2D eigenvalue weighted by Gasteiger charge is -2.17. The Kier molecular flexibility index (Phi) is 4.71. The number of rotatable bonds is 5. The molecule has 0 amide bonds. The van der Waals surface area contributed by atoms with Gasteiger partial charge in [0.1, 0.15) is 5.82 Å². The number of aliphatic hydroxyl groups is 1. The fraction of sp³-hybridized carbons (Fsp3) is 0.500. The minimum atomic E-state index is -0.504. The lowest BCUT2D eigenvalue weighted by Crippen LogP contribution is -2.31. The maximum absolute atomic E-state index is 13.4. The quantitative estimate of drug-likeness (QED) is 0.798. The average molecular weight is 226 g/mol.